The number of carbonyl (C=O) groups excluding carboxylic acids is 3. The number of halogens is 1. The predicted octanol–water partition coefficient (Wildman–Crippen LogP) is 2.04. The second-order valence-corrected chi connectivity index (χ2v) is 5.27. The molecule has 0 radical (unpaired) electrons. The number of amides is 3. The lowest BCUT2D eigenvalue weighted by Gasteiger charge is -2.15. The minimum Gasteiger partial charge on any atom is -0.323 e. The molecule has 1 fully saturated rings. The Morgan fingerprint density at radius 3 is 2.40 bits per heavy atom. The van der Waals surface area contributed by atoms with Crippen molar-refractivity contribution in [2.45, 2.75) is 26.7 Å². The summed E-state index contributed by atoms with van der Waals surface area (Å²) < 4.78 is 0. The van der Waals surface area contributed by atoms with Gasteiger partial charge in [0, 0.05) is 12.8 Å². The summed E-state index contributed by atoms with van der Waals surface area (Å²) in [4.78, 5) is 35.8. The number of likely N-dealkylation sites (tertiary alicyclic amines) is 1. The highest BCUT2D eigenvalue weighted by Crippen LogP contribution is 2.27. The van der Waals surface area contributed by atoms with E-state index < -0.39 is 5.91 Å². The van der Waals surface area contributed by atoms with E-state index in [1.165, 1.54) is 0 Å². The number of benzene rings is 1. The molecule has 0 aromatic heterocycles. The lowest BCUT2D eigenvalue weighted by molar-refractivity contribution is -0.141. The summed E-state index contributed by atoms with van der Waals surface area (Å²) in [5.74, 6) is -1.05. The maximum atomic E-state index is 11.9. The number of rotatable bonds is 3. The first-order chi connectivity index (χ1) is 9.38. The Labute approximate surface area is 121 Å². The van der Waals surface area contributed by atoms with Crippen LogP contribution in [-0.2, 0) is 14.4 Å². The summed E-state index contributed by atoms with van der Waals surface area (Å²) in [7, 11) is 0. The molecule has 1 aliphatic rings. The summed E-state index contributed by atoms with van der Waals surface area (Å²) in [6.07, 6.45) is 0.354. The van der Waals surface area contributed by atoms with Gasteiger partial charge in [-0.25, -0.2) is 0 Å². The summed E-state index contributed by atoms with van der Waals surface area (Å²) >= 11 is 6.09. The lowest BCUT2D eigenvalue weighted by Crippen LogP contribution is -2.37. The van der Waals surface area contributed by atoms with E-state index in [2.05, 4.69) is 5.32 Å². The summed E-state index contributed by atoms with van der Waals surface area (Å²) in [5.41, 5.74) is 2.35. The molecule has 0 atom stereocenters. The van der Waals surface area contributed by atoms with Gasteiger partial charge in [-0.05, 0) is 31.0 Å². The SMILES string of the molecule is Cc1cc(C)c(NC(=O)CN2C(=O)CCC2=O)c(Cl)c1. The third-order valence-electron chi connectivity index (χ3n) is 3.15. The van der Waals surface area contributed by atoms with Gasteiger partial charge in [0.25, 0.3) is 0 Å². The van der Waals surface area contributed by atoms with Gasteiger partial charge in [0.15, 0.2) is 0 Å². The van der Waals surface area contributed by atoms with Crippen molar-refractivity contribution in [2.75, 3.05) is 11.9 Å². The van der Waals surface area contributed by atoms with Crippen molar-refractivity contribution in [1.29, 1.82) is 0 Å². The first kappa shape index (κ1) is 14.5. The number of nitrogens with zero attached hydrogens (tertiary/aromatic N) is 1. The molecule has 20 heavy (non-hydrogen) atoms. The molecule has 1 aromatic carbocycles. The lowest BCUT2D eigenvalue weighted by atomic mass is 10.1. The average molecular weight is 295 g/mol. The Kier molecular flexibility index (Phi) is 4.09. The van der Waals surface area contributed by atoms with Crippen LogP contribution in [0.4, 0.5) is 5.69 Å². The van der Waals surface area contributed by atoms with Crippen LogP contribution >= 0.6 is 11.6 Å². The molecule has 5 nitrogen and oxygen atoms in total. The Bertz CT molecular complexity index is 559. The molecule has 3 amide bonds. The van der Waals surface area contributed by atoms with E-state index in [-0.39, 0.29) is 31.2 Å². The first-order valence-electron chi connectivity index (χ1n) is 6.28. The van der Waals surface area contributed by atoms with Crippen LogP contribution in [-0.4, -0.2) is 29.2 Å². The average Bonchev–Trinajstić information content (AvgIpc) is 2.65. The molecule has 1 heterocycles. The van der Waals surface area contributed by atoms with Crippen molar-refractivity contribution in [3.63, 3.8) is 0 Å². The van der Waals surface area contributed by atoms with Crippen molar-refractivity contribution < 1.29 is 14.4 Å². The van der Waals surface area contributed by atoms with E-state index >= 15 is 0 Å². The molecule has 1 N–H and O–H groups in total. The Morgan fingerprint density at radius 2 is 1.85 bits per heavy atom. The first-order valence-corrected chi connectivity index (χ1v) is 6.66. The van der Waals surface area contributed by atoms with Crippen LogP contribution < -0.4 is 5.32 Å². The van der Waals surface area contributed by atoms with Gasteiger partial charge in [-0.2, -0.15) is 0 Å². The fraction of sp³-hybridized carbons (Fsp3) is 0.357. The topological polar surface area (TPSA) is 66.5 Å². The van der Waals surface area contributed by atoms with E-state index in [1.54, 1.807) is 6.07 Å². The van der Waals surface area contributed by atoms with Crippen LogP contribution in [0.1, 0.15) is 24.0 Å². The molecule has 0 bridgehead atoms. The normalized spacial score (nSPS) is 14.8. The molecule has 0 saturated carbocycles. The van der Waals surface area contributed by atoms with Crippen molar-refractivity contribution in [3.05, 3.63) is 28.3 Å². The summed E-state index contributed by atoms with van der Waals surface area (Å²) in [5, 5.41) is 3.10. The number of imide groups is 1. The Morgan fingerprint density at radius 1 is 1.25 bits per heavy atom. The van der Waals surface area contributed by atoms with Gasteiger partial charge in [-0.3, -0.25) is 19.3 Å². The van der Waals surface area contributed by atoms with Crippen LogP contribution in [0, 0.1) is 13.8 Å². The third-order valence-corrected chi connectivity index (χ3v) is 3.45. The number of aryl methyl sites for hydroxylation is 2. The number of anilines is 1. The van der Waals surface area contributed by atoms with Crippen molar-refractivity contribution >= 4 is 35.0 Å². The van der Waals surface area contributed by atoms with Crippen molar-refractivity contribution in [2.24, 2.45) is 0 Å². The number of carbonyl (C=O) groups is 3. The number of hydrogen-bond acceptors (Lipinski definition) is 3. The minimum atomic E-state index is -0.428. The Balaban J connectivity index is 2.09. The third kappa shape index (κ3) is 2.99. The molecule has 0 spiro atoms. The summed E-state index contributed by atoms with van der Waals surface area (Å²) in [6.45, 7) is 3.48. The molecule has 1 aromatic rings. The Hall–Kier alpha value is -1.88. The van der Waals surface area contributed by atoms with Crippen LogP contribution in [0.2, 0.25) is 5.02 Å². The van der Waals surface area contributed by atoms with Gasteiger partial charge in [0.2, 0.25) is 17.7 Å². The maximum Gasteiger partial charge on any atom is 0.244 e. The monoisotopic (exact) mass is 294 g/mol. The van der Waals surface area contributed by atoms with Gasteiger partial charge in [0.05, 0.1) is 10.7 Å². The zero-order chi connectivity index (χ0) is 14.9. The van der Waals surface area contributed by atoms with Gasteiger partial charge in [-0.1, -0.05) is 17.7 Å². The highest BCUT2D eigenvalue weighted by Gasteiger charge is 2.30. The largest absolute Gasteiger partial charge is 0.323 e. The molecule has 6 heteroatoms. The molecule has 1 aliphatic heterocycles. The standard InChI is InChI=1S/C14H15ClN2O3/c1-8-5-9(2)14(10(15)6-8)16-11(18)7-17-12(19)3-4-13(17)20/h5-6H,3-4,7H2,1-2H3,(H,16,18). The second-order valence-electron chi connectivity index (χ2n) is 4.86. The van der Waals surface area contributed by atoms with E-state index in [4.69, 9.17) is 11.6 Å². The van der Waals surface area contributed by atoms with E-state index in [9.17, 15) is 14.4 Å². The van der Waals surface area contributed by atoms with Crippen LogP contribution in [0.25, 0.3) is 0 Å². The van der Waals surface area contributed by atoms with Gasteiger partial charge in [0.1, 0.15) is 6.54 Å². The van der Waals surface area contributed by atoms with Gasteiger partial charge in [-0.15, -0.1) is 0 Å². The van der Waals surface area contributed by atoms with Crippen LogP contribution in [0.5, 0.6) is 0 Å². The predicted molar refractivity (Wildman–Crippen MR) is 75.5 cm³/mol. The molecule has 0 unspecified atom stereocenters. The maximum absolute atomic E-state index is 11.9. The molecule has 0 aliphatic carbocycles. The highest BCUT2D eigenvalue weighted by molar-refractivity contribution is 6.34. The second kappa shape index (κ2) is 5.63. The molecule has 2 rings (SSSR count). The molecular weight excluding hydrogens is 280 g/mol. The van der Waals surface area contributed by atoms with Crippen LogP contribution in [0.15, 0.2) is 12.1 Å². The highest BCUT2D eigenvalue weighted by atomic mass is 35.5. The zero-order valence-electron chi connectivity index (χ0n) is 11.3. The number of hydrogen-bond donors (Lipinski definition) is 1. The van der Waals surface area contributed by atoms with Crippen molar-refractivity contribution in [3.8, 4) is 0 Å². The van der Waals surface area contributed by atoms with Gasteiger partial charge < -0.3 is 5.32 Å². The van der Waals surface area contributed by atoms with Gasteiger partial charge >= 0.3 is 0 Å². The molecule has 1 saturated heterocycles. The van der Waals surface area contributed by atoms with E-state index in [1.807, 2.05) is 19.9 Å². The van der Waals surface area contributed by atoms with Crippen LogP contribution in [0.3, 0.4) is 0 Å². The summed E-state index contributed by atoms with van der Waals surface area (Å²) in [6, 6.07) is 3.64. The minimum absolute atomic E-state index is 0.177. The van der Waals surface area contributed by atoms with E-state index in [0.717, 1.165) is 16.0 Å². The molecule has 106 valence electrons. The smallest absolute Gasteiger partial charge is 0.244 e. The quantitative estimate of drug-likeness (QED) is 0.868. The molecular formula is C14H15ClN2O3. The van der Waals surface area contributed by atoms with E-state index in [0.29, 0.717) is 10.7 Å². The van der Waals surface area contributed by atoms with Crippen molar-refractivity contribution in [1.82, 2.24) is 4.90 Å². The number of nitrogens with one attached hydrogen (secondary N) is 1. The fourth-order valence-corrected chi connectivity index (χ4v) is 2.56. The zero-order valence-corrected chi connectivity index (χ0v) is 12.1. The fourth-order valence-electron chi connectivity index (χ4n) is 2.20.